The Morgan fingerprint density at radius 2 is 1.70 bits per heavy atom. The number of benzene rings is 2. The number of rotatable bonds is 8. The minimum absolute atomic E-state index is 0.350. The Bertz CT molecular complexity index is 1350. The van der Waals surface area contributed by atoms with Crippen LogP contribution >= 0.6 is 0 Å². The number of hydrogen-bond acceptors (Lipinski definition) is 5. The quantitative estimate of drug-likeness (QED) is 0.414. The fourth-order valence-corrected chi connectivity index (χ4v) is 3.85. The summed E-state index contributed by atoms with van der Waals surface area (Å²) in [5.74, 6) is 0.0585. The Morgan fingerprint density at radius 1 is 0.939 bits per heavy atom. The topological polar surface area (TPSA) is 106 Å². The zero-order valence-corrected chi connectivity index (χ0v) is 18.3. The molecule has 0 spiro atoms. The van der Waals surface area contributed by atoms with Crippen molar-refractivity contribution in [3.63, 3.8) is 0 Å². The Kier molecular flexibility index (Phi) is 6.61. The van der Waals surface area contributed by atoms with Gasteiger partial charge in [-0.25, -0.2) is 8.42 Å². The fourth-order valence-electron chi connectivity index (χ4n) is 2.98. The number of hydrogen-bond donors (Lipinski definition) is 2. The molecule has 0 atom stereocenters. The van der Waals surface area contributed by atoms with Gasteiger partial charge in [0.05, 0.1) is 17.6 Å². The van der Waals surface area contributed by atoms with Crippen molar-refractivity contribution in [1.82, 2.24) is 14.8 Å². The summed E-state index contributed by atoms with van der Waals surface area (Å²) in [5, 5.41) is 8.16. The Labute approximate surface area is 191 Å². The third kappa shape index (κ3) is 6.37. The second kappa shape index (κ2) is 9.92. The van der Waals surface area contributed by atoms with Crippen LogP contribution in [0.5, 0.6) is 0 Å². The van der Waals surface area contributed by atoms with Gasteiger partial charge in [0.25, 0.3) is 15.9 Å². The summed E-state index contributed by atoms with van der Waals surface area (Å²) in [4.78, 5) is 16.8. The predicted molar refractivity (Wildman–Crippen MR) is 128 cm³/mol. The number of sulfonamides is 1. The van der Waals surface area contributed by atoms with Crippen molar-refractivity contribution in [1.29, 1.82) is 0 Å². The van der Waals surface area contributed by atoms with E-state index in [-0.39, 0.29) is 5.91 Å². The van der Waals surface area contributed by atoms with Crippen LogP contribution in [-0.4, -0.2) is 29.1 Å². The first-order chi connectivity index (χ1) is 16.0. The summed E-state index contributed by atoms with van der Waals surface area (Å²) in [5.41, 5.74) is 2.36. The van der Waals surface area contributed by atoms with E-state index in [0.717, 1.165) is 16.7 Å². The van der Waals surface area contributed by atoms with E-state index < -0.39 is 10.0 Å². The number of carbonyl (C=O) groups is 1. The van der Waals surface area contributed by atoms with Crippen LogP contribution < -0.4 is 10.0 Å². The van der Waals surface area contributed by atoms with Gasteiger partial charge in [-0.05, 0) is 48.0 Å². The van der Waals surface area contributed by atoms with Gasteiger partial charge in [0, 0.05) is 29.7 Å². The molecule has 2 aromatic heterocycles. The van der Waals surface area contributed by atoms with Crippen LogP contribution in [0.2, 0.25) is 0 Å². The van der Waals surface area contributed by atoms with Gasteiger partial charge in [0.15, 0.2) is 5.82 Å². The zero-order valence-electron chi connectivity index (χ0n) is 17.5. The lowest BCUT2D eigenvalue weighted by Crippen LogP contribution is -2.13. The van der Waals surface area contributed by atoms with E-state index in [1.807, 2.05) is 36.4 Å². The minimum atomic E-state index is -3.69. The molecular formula is C24H21N5O3S. The molecule has 0 aliphatic rings. The van der Waals surface area contributed by atoms with Crippen LogP contribution in [0.4, 0.5) is 11.5 Å². The standard InChI is InChI=1S/C24H21N5O3S/c30-24(26-23-13-16-29(27-23)18-22-8-4-5-15-25-22)20-9-11-21(12-10-20)28-33(31,32)17-14-19-6-2-1-3-7-19/h1-17,28H,18H2,(H,26,27,30)/b17-14+. The van der Waals surface area contributed by atoms with Crippen LogP contribution in [0.15, 0.2) is 96.7 Å². The second-order valence-corrected chi connectivity index (χ2v) is 8.68. The van der Waals surface area contributed by atoms with Crippen molar-refractivity contribution in [2.75, 3.05) is 10.0 Å². The second-order valence-electron chi connectivity index (χ2n) is 7.11. The maximum atomic E-state index is 12.5. The highest BCUT2D eigenvalue weighted by Crippen LogP contribution is 2.14. The summed E-state index contributed by atoms with van der Waals surface area (Å²) >= 11 is 0. The highest BCUT2D eigenvalue weighted by atomic mass is 32.2. The zero-order chi connectivity index (χ0) is 23.1. The molecule has 0 bridgehead atoms. The monoisotopic (exact) mass is 459 g/mol. The van der Waals surface area contributed by atoms with E-state index in [4.69, 9.17) is 0 Å². The van der Waals surface area contributed by atoms with Crippen molar-refractivity contribution in [2.45, 2.75) is 6.54 Å². The molecule has 0 fully saturated rings. The maximum Gasteiger partial charge on any atom is 0.256 e. The van der Waals surface area contributed by atoms with Gasteiger partial charge in [0.2, 0.25) is 0 Å². The molecule has 0 radical (unpaired) electrons. The summed E-state index contributed by atoms with van der Waals surface area (Å²) < 4.78 is 28.7. The average Bonchev–Trinajstić information content (AvgIpc) is 3.26. The number of pyridine rings is 1. The van der Waals surface area contributed by atoms with E-state index in [2.05, 4.69) is 20.1 Å². The number of amides is 1. The average molecular weight is 460 g/mol. The van der Waals surface area contributed by atoms with Gasteiger partial charge in [-0.3, -0.25) is 19.2 Å². The van der Waals surface area contributed by atoms with Gasteiger partial charge in [0.1, 0.15) is 0 Å². The Morgan fingerprint density at radius 3 is 2.42 bits per heavy atom. The smallest absolute Gasteiger partial charge is 0.256 e. The molecule has 2 heterocycles. The van der Waals surface area contributed by atoms with Crippen LogP contribution in [-0.2, 0) is 16.6 Å². The number of carbonyl (C=O) groups excluding carboxylic acids is 1. The number of nitrogens with one attached hydrogen (secondary N) is 2. The summed E-state index contributed by atoms with van der Waals surface area (Å²) in [7, 11) is -3.69. The lowest BCUT2D eigenvalue weighted by atomic mass is 10.2. The van der Waals surface area contributed by atoms with E-state index in [9.17, 15) is 13.2 Å². The van der Waals surface area contributed by atoms with E-state index in [1.165, 1.54) is 18.2 Å². The molecule has 0 unspecified atom stereocenters. The molecule has 1 amide bonds. The lowest BCUT2D eigenvalue weighted by molar-refractivity contribution is 0.102. The van der Waals surface area contributed by atoms with E-state index in [0.29, 0.717) is 23.6 Å². The summed E-state index contributed by atoms with van der Waals surface area (Å²) in [6.07, 6.45) is 4.98. The van der Waals surface area contributed by atoms with E-state index in [1.54, 1.807) is 47.4 Å². The summed E-state index contributed by atoms with van der Waals surface area (Å²) in [6.45, 7) is 0.490. The molecule has 4 rings (SSSR count). The minimum Gasteiger partial charge on any atom is -0.305 e. The Balaban J connectivity index is 1.35. The van der Waals surface area contributed by atoms with E-state index >= 15 is 0 Å². The lowest BCUT2D eigenvalue weighted by Gasteiger charge is -2.06. The van der Waals surface area contributed by atoms with Gasteiger partial charge in [-0.2, -0.15) is 5.10 Å². The van der Waals surface area contributed by atoms with Crippen molar-refractivity contribution in [3.8, 4) is 0 Å². The molecule has 2 aromatic carbocycles. The van der Waals surface area contributed by atoms with Gasteiger partial charge >= 0.3 is 0 Å². The van der Waals surface area contributed by atoms with Crippen molar-refractivity contribution in [3.05, 3.63) is 113 Å². The first kappa shape index (κ1) is 22.0. The fraction of sp³-hybridized carbons (Fsp3) is 0.0417. The molecule has 2 N–H and O–H groups in total. The van der Waals surface area contributed by atoms with Crippen LogP contribution in [0.1, 0.15) is 21.6 Å². The van der Waals surface area contributed by atoms with Crippen LogP contribution in [0.25, 0.3) is 6.08 Å². The van der Waals surface area contributed by atoms with Crippen molar-refractivity contribution >= 4 is 33.5 Å². The molecular weight excluding hydrogens is 438 g/mol. The molecule has 9 heteroatoms. The Hall–Kier alpha value is -4.24. The number of aromatic nitrogens is 3. The number of nitrogens with zero attached hydrogens (tertiary/aromatic N) is 3. The highest BCUT2D eigenvalue weighted by molar-refractivity contribution is 7.95. The van der Waals surface area contributed by atoms with Crippen molar-refractivity contribution < 1.29 is 13.2 Å². The molecule has 166 valence electrons. The van der Waals surface area contributed by atoms with Gasteiger partial charge in [-0.15, -0.1) is 0 Å². The largest absolute Gasteiger partial charge is 0.305 e. The highest BCUT2D eigenvalue weighted by Gasteiger charge is 2.10. The van der Waals surface area contributed by atoms with Crippen molar-refractivity contribution in [2.24, 2.45) is 0 Å². The predicted octanol–water partition coefficient (Wildman–Crippen LogP) is 3.99. The molecule has 0 aliphatic carbocycles. The first-order valence-corrected chi connectivity index (χ1v) is 11.6. The number of anilines is 2. The molecule has 8 nitrogen and oxygen atoms in total. The normalized spacial score (nSPS) is 11.4. The first-order valence-electron chi connectivity index (χ1n) is 10.1. The molecule has 0 saturated carbocycles. The molecule has 0 aliphatic heterocycles. The van der Waals surface area contributed by atoms with Gasteiger partial charge in [-0.1, -0.05) is 36.4 Å². The summed E-state index contributed by atoms with van der Waals surface area (Å²) in [6, 6.07) is 22.6. The maximum absolute atomic E-state index is 12.5. The SMILES string of the molecule is O=C(Nc1ccn(Cc2ccccn2)n1)c1ccc(NS(=O)(=O)/C=C/c2ccccc2)cc1. The third-order valence-corrected chi connectivity index (χ3v) is 5.59. The van der Waals surface area contributed by atoms with Gasteiger partial charge < -0.3 is 5.32 Å². The third-order valence-electron chi connectivity index (χ3n) is 4.58. The molecule has 0 saturated heterocycles. The molecule has 33 heavy (non-hydrogen) atoms. The molecule has 4 aromatic rings. The van der Waals surface area contributed by atoms with Crippen LogP contribution in [0.3, 0.4) is 0 Å². The van der Waals surface area contributed by atoms with Crippen LogP contribution in [0, 0.1) is 0 Å².